The summed E-state index contributed by atoms with van der Waals surface area (Å²) in [4.78, 5) is 0.899. The van der Waals surface area contributed by atoms with Gasteiger partial charge in [0.15, 0.2) is 0 Å². The van der Waals surface area contributed by atoms with Crippen molar-refractivity contribution in [1.82, 2.24) is 19.8 Å². The van der Waals surface area contributed by atoms with E-state index < -0.39 is 0 Å². The molecule has 0 spiro atoms. The molecule has 0 aliphatic carbocycles. The van der Waals surface area contributed by atoms with Crippen LogP contribution in [0, 0.1) is 0 Å². The van der Waals surface area contributed by atoms with Crippen molar-refractivity contribution < 1.29 is 4.74 Å². The second-order valence-electron chi connectivity index (χ2n) is 2.64. The van der Waals surface area contributed by atoms with E-state index in [1.807, 2.05) is 0 Å². The zero-order valence-corrected chi connectivity index (χ0v) is 8.28. The minimum Gasteiger partial charge on any atom is -0.480 e. The Balaban J connectivity index is 2.23. The van der Waals surface area contributed by atoms with E-state index in [1.165, 1.54) is 11.5 Å². The lowest BCUT2D eigenvalue weighted by atomic mass is 10.2. The summed E-state index contributed by atoms with van der Waals surface area (Å²) < 4.78 is 9.01. The summed E-state index contributed by atoms with van der Waals surface area (Å²) in [5.41, 5.74) is 6.61. The number of hydrogen-bond acceptors (Lipinski definition) is 6. The van der Waals surface area contributed by atoms with Crippen LogP contribution in [0.3, 0.4) is 0 Å². The van der Waals surface area contributed by atoms with Crippen molar-refractivity contribution in [3.05, 3.63) is 22.8 Å². The Hall–Kier alpha value is -1.47. The maximum absolute atomic E-state index is 5.92. The van der Waals surface area contributed by atoms with Crippen LogP contribution in [0.2, 0.25) is 0 Å². The molecule has 1 unspecified atom stereocenters. The summed E-state index contributed by atoms with van der Waals surface area (Å²) >= 11 is 1.30. The van der Waals surface area contributed by atoms with Crippen molar-refractivity contribution in [3.63, 3.8) is 0 Å². The number of methoxy groups -OCH3 is 1. The topological polar surface area (TPSA) is 89.7 Å². The van der Waals surface area contributed by atoms with Crippen molar-refractivity contribution in [2.75, 3.05) is 7.11 Å². The zero-order chi connectivity index (χ0) is 9.97. The van der Waals surface area contributed by atoms with Gasteiger partial charge in [0.2, 0.25) is 5.88 Å². The molecule has 0 aromatic carbocycles. The third-order valence-corrected chi connectivity index (χ3v) is 2.63. The molecule has 2 aromatic rings. The SMILES string of the molecule is COc1cc(C(N)c2cn[nH]n2)sn1. The van der Waals surface area contributed by atoms with E-state index in [0.717, 1.165) is 4.88 Å². The molecule has 74 valence electrons. The van der Waals surface area contributed by atoms with Crippen LogP contribution in [0.1, 0.15) is 16.6 Å². The highest BCUT2D eigenvalue weighted by molar-refractivity contribution is 7.06. The Morgan fingerprint density at radius 1 is 1.64 bits per heavy atom. The van der Waals surface area contributed by atoms with Gasteiger partial charge in [0.25, 0.3) is 0 Å². The van der Waals surface area contributed by atoms with E-state index in [2.05, 4.69) is 19.8 Å². The number of H-pyrrole nitrogens is 1. The van der Waals surface area contributed by atoms with Crippen molar-refractivity contribution in [2.24, 2.45) is 5.73 Å². The van der Waals surface area contributed by atoms with Gasteiger partial charge in [0.05, 0.1) is 24.2 Å². The molecule has 0 amide bonds. The lowest BCUT2D eigenvalue weighted by Gasteiger charge is -2.02. The Morgan fingerprint density at radius 3 is 3.07 bits per heavy atom. The number of ether oxygens (including phenoxy) is 1. The first-order chi connectivity index (χ1) is 6.81. The molecule has 0 saturated heterocycles. The van der Waals surface area contributed by atoms with Crippen molar-refractivity contribution >= 4 is 11.5 Å². The molecule has 0 bridgehead atoms. The highest BCUT2D eigenvalue weighted by Gasteiger charge is 2.15. The number of nitrogens with zero attached hydrogens (tertiary/aromatic N) is 3. The zero-order valence-electron chi connectivity index (χ0n) is 7.47. The van der Waals surface area contributed by atoms with Crippen LogP contribution in [-0.2, 0) is 0 Å². The number of nitrogens with one attached hydrogen (secondary N) is 1. The second-order valence-corrected chi connectivity index (χ2v) is 3.48. The summed E-state index contributed by atoms with van der Waals surface area (Å²) in [5, 5.41) is 10.1. The fraction of sp³-hybridized carbons (Fsp3) is 0.286. The fourth-order valence-electron chi connectivity index (χ4n) is 1.02. The first-order valence-corrected chi connectivity index (χ1v) is 4.70. The van der Waals surface area contributed by atoms with E-state index in [4.69, 9.17) is 10.5 Å². The minimum absolute atomic E-state index is 0.296. The highest BCUT2D eigenvalue weighted by Crippen LogP contribution is 2.24. The number of aromatic amines is 1. The Bertz CT molecular complexity index is 398. The van der Waals surface area contributed by atoms with E-state index in [1.54, 1.807) is 19.4 Å². The summed E-state index contributed by atoms with van der Waals surface area (Å²) in [6, 6.07) is 1.50. The van der Waals surface area contributed by atoms with Crippen LogP contribution in [0.25, 0.3) is 0 Å². The monoisotopic (exact) mass is 211 g/mol. The molecule has 0 radical (unpaired) electrons. The molecule has 2 rings (SSSR count). The molecule has 7 heteroatoms. The Labute approximate surface area is 84.3 Å². The molecule has 3 N–H and O–H groups in total. The van der Waals surface area contributed by atoms with Crippen LogP contribution in [0.15, 0.2) is 12.3 Å². The Kier molecular flexibility index (Phi) is 2.42. The van der Waals surface area contributed by atoms with Gasteiger partial charge in [-0.05, 0) is 11.5 Å². The normalized spacial score (nSPS) is 12.7. The maximum Gasteiger partial charge on any atom is 0.225 e. The number of hydrogen-bond donors (Lipinski definition) is 2. The van der Waals surface area contributed by atoms with Gasteiger partial charge < -0.3 is 10.5 Å². The van der Waals surface area contributed by atoms with Gasteiger partial charge >= 0.3 is 0 Å². The van der Waals surface area contributed by atoms with Crippen LogP contribution in [-0.4, -0.2) is 26.9 Å². The van der Waals surface area contributed by atoms with Crippen LogP contribution < -0.4 is 10.5 Å². The van der Waals surface area contributed by atoms with Crippen LogP contribution in [0.4, 0.5) is 0 Å². The van der Waals surface area contributed by atoms with Gasteiger partial charge in [-0.3, -0.25) is 0 Å². The summed E-state index contributed by atoms with van der Waals surface area (Å²) in [5.74, 6) is 0.573. The third kappa shape index (κ3) is 1.59. The molecule has 2 heterocycles. The van der Waals surface area contributed by atoms with E-state index >= 15 is 0 Å². The van der Waals surface area contributed by atoms with Crippen molar-refractivity contribution in [1.29, 1.82) is 0 Å². The van der Waals surface area contributed by atoms with Gasteiger partial charge in [-0.15, -0.1) is 0 Å². The van der Waals surface area contributed by atoms with Gasteiger partial charge in [-0.2, -0.15) is 19.8 Å². The van der Waals surface area contributed by atoms with Gasteiger partial charge in [-0.1, -0.05) is 0 Å². The van der Waals surface area contributed by atoms with Gasteiger partial charge in [-0.25, -0.2) is 0 Å². The highest BCUT2D eigenvalue weighted by atomic mass is 32.1. The van der Waals surface area contributed by atoms with Crippen molar-refractivity contribution in [3.8, 4) is 5.88 Å². The second kappa shape index (κ2) is 3.72. The molecule has 1 atom stereocenters. The first kappa shape index (κ1) is 9.10. The number of rotatable bonds is 3. The minimum atomic E-state index is -0.296. The molecule has 2 aromatic heterocycles. The largest absolute Gasteiger partial charge is 0.480 e. The fourth-order valence-corrected chi connectivity index (χ4v) is 1.73. The summed E-state index contributed by atoms with van der Waals surface area (Å²) in [6.07, 6.45) is 1.59. The van der Waals surface area contributed by atoms with E-state index in [-0.39, 0.29) is 6.04 Å². The molecule has 6 nitrogen and oxygen atoms in total. The molecule has 0 fully saturated rings. The summed E-state index contributed by atoms with van der Waals surface area (Å²) in [7, 11) is 1.57. The first-order valence-electron chi connectivity index (χ1n) is 3.93. The van der Waals surface area contributed by atoms with Crippen LogP contribution >= 0.6 is 11.5 Å². The van der Waals surface area contributed by atoms with Gasteiger partial charge in [0, 0.05) is 6.07 Å². The molecular formula is C7H9N5OS. The molecular weight excluding hydrogens is 202 g/mol. The standard InChI is InChI=1S/C7H9N5OS/c1-13-6-2-5(14-11-6)7(8)4-3-9-12-10-4/h2-3,7H,8H2,1H3,(H,9,10,12). The average Bonchev–Trinajstić information content (AvgIpc) is 2.88. The average molecular weight is 211 g/mol. The molecule has 0 aliphatic heterocycles. The van der Waals surface area contributed by atoms with Crippen LogP contribution in [0.5, 0.6) is 5.88 Å². The maximum atomic E-state index is 5.92. The molecule has 0 aliphatic rings. The third-order valence-electron chi connectivity index (χ3n) is 1.77. The smallest absolute Gasteiger partial charge is 0.225 e. The molecule has 14 heavy (non-hydrogen) atoms. The quantitative estimate of drug-likeness (QED) is 0.763. The van der Waals surface area contributed by atoms with Gasteiger partial charge in [0.1, 0.15) is 5.69 Å². The summed E-state index contributed by atoms with van der Waals surface area (Å²) in [6.45, 7) is 0. The van der Waals surface area contributed by atoms with E-state index in [0.29, 0.717) is 11.6 Å². The van der Waals surface area contributed by atoms with Crippen molar-refractivity contribution in [2.45, 2.75) is 6.04 Å². The Morgan fingerprint density at radius 2 is 2.50 bits per heavy atom. The molecule has 0 saturated carbocycles. The predicted molar refractivity (Wildman–Crippen MR) is 51.1 cm³/mol. The lowest BCUT2D eigenvalue weighted by Crippen LogP contribution is -2.10. The predicted octanol–water partition coefficient (Wildman–Crippen LogP) is 0.318. The van der Waals surface area contributed by atoms with E-state index in [9.17, 15) is 0 Å². The number of nitrogens with two attached hydrogens (primary N) is 1. The number of aromatic nitrogens is 4. The lowest BCUT2D eigenvalue weighted by molar-refractivity contribution is 0.402.